The van der Waals surface area contributed by atoms with Gasteiger partial charge in [0.1, 0.15) is 11.6 Å². The molecule has 7 nitrogen and oxygen atoms in total. The number of carbonyl (C=O) groups is 3. The molecule has 4 aromatic rings. The quantitative estimate of drug-likeness (QED) is 0.169. The van der Waals surface area contributed by atoms with Crippen LogP contribution in [0.5, 0.6) is 0 Å². The van der Waals surface area contributed by atoms with Crippen molar-refractivity contribution in [2.24, 2.45) is 0 Å². The lowest BCUT2D eigenvalue weighted by atomic mass is 9.98. The molecule has 0 fully saturated rings. The molecule has 220 valence electrons. The number of nitrogens with one attached hydrogen (secondary N) is 4. The number of rotatable bonds is 13. The fourth-order valence-corrected chi connectivity index (χ4v) is 4.53. The first-order valence-corrected chi connectivity index (χ1v) is 14.0. The fraction of sp³-hybridized carbons (Fsp3) is 0.265. The van der Waals surface area contributed by atoms with Crippen molar-refractivity contribution in [2.45, 2.75) is 44.8 Å². The molecule has 4 rings (SSSR count). The van der Waals surface area contributed by atoms with Gasteiger partial charge >= 0.3 is 0 Å². The number of fused-ring (bicyclic) bond motifs is 1. The number of amides is 3. The van der Waals surface area contributed by atoms with E-state index in [0.29, 0.717) is 18.5 Å². The maximum atomic E-state index is 13.4. The van der Waals surface area contributed by atoms with Crippen LogP contribution in [-0.2, 0) is 22.6 Å². The summed E-state index contributed by atoms with van der Waals surface area (Å²) in [5, 5.41) is 14.2. The van der Waals surface area contributed by atoms with Crippen molar-refractivity contribution in [3.05, 3.63) is 120 Å². The van der Waals surface area contributed by atoms with Gasteiger partial charge in [-0.25, -0.2) is 0 Å². The van der Waals surface area contributed by atoms with Crippen molar-refractivity contribution >= 4 is 40.9 Å². The predicted molar refractivity (Wildman–Crippen MR) is 171 cm³/mol. The summed E-state index contributed by atoms with van der Waals surface area (Å²) in [5.41, 5.74) is 1.35. The van der Waals surface area contributed by atoms with Gasteiger partial charge in [-0.05, 0) is 60.8 Å². The number of hydrogen-bond donors (Lipinski definition) is 4. The molecule has 3 amide bonds. The maximum absolute atomic E-state index is 13.4. The third-order valence-corrected chi connectivity index (χ3v) is 6.91. The van der Waals surface area contributed by atoms with Crippen LogP contribution in [-0.4, -0.2) is 42.4 Å². The highest BCUT2D eigenvalue weighted by Crippen LogP contribution is 2.17. The van der Waals surface area contributed by atoms with Crippen LogP contribution in [0.4, 0.5) is 0 Å². The van der Waals surface area contributed by atoms with Crippen LogP contribution in [0, 0.1) is 0 Å². The molecule has 0 bridgehead atoms. The summed E-state index contributed by atoms with van der Waals surface area (Å²) in [5.74, 6) is -1.06. The van der Waals surface area contributed by atoms with Gasteiger partial charge in [0.05, 0.1) is 0 Å². The molecular formula is C34H39ClN4O3. The zero-order valence-corrected chi connectivity index (χ0v) is 24.9. The van der Waals surface area contributed by atoms with Crippen molar-refractivity contribution in [2.75, 3.05) is 13.1 Å². The molecule has 8 heteroatoms. The molecule has 0 aliphatic heterocycles. The first-order valence-electron chi connectivity index (χ1n) is 14.0. The average Bonchev–Trinajstić information content (AvgIpc) is 2.99. The summed E-state index contributed by atoms with van der Waals surface area (Å²) in [6, 6.07) is 32.1. The number of benzene rings is 4. The largest absolute Gasteiger partial charge is 0.354 e. The second-order valence-electron chi connectivity index (χ2n) is 10.7. The summed E-state index contributed by atoms with van der Waals surface area (Å²) < 4.78 is 0. The minimum absolute atomic E-state index is 0. The topological polar surface area (TPSA) is 99.3 Å². The molecule has 0 saturated carbocycles. The van der Waals surface area contributed by atoms with Gasteiger partial charge in [-0.2, -0.15) is 0 Å². The Bertz CT molecular complexity index is 1460. The Morgan fingerprint density at radius 3 is 2.10 bits per heavy atom. The molecule has 0 aliphatic carbocycles. The first-order chi connectivity index (χ1) is 19.8. The van der Waals surface area contributed by atoms with Crippen LogP contribution >= 0.6 is 12.4 Å². The van der Waals surface area contributed by atoms with Crippen LogP contribution < -0.4 is 21.3 Å². The van der Waals surface area contributed by atoms with Crippen molar-refractivity contribution < 1.29 is 14.4 Å². The van der Waals surface area contributed by atoms with Gasteiger partial charge in [-0.15, -0.1) is 12.4 Å². The molecule has 0 unspecified atom stereocenters. The Hall–Kier alpha value is -4.20. The lowest BCUT2D eigenvalue weighted by Crippen LogP contribution is -2.59. The van der Waals surface area contributed by atoms with E-state index in [-0.39, 0.29) is 24.2 Å². The highest BCUT2D eigenvalue weighted by Gasteiger charge is 2.33. The average molecular weight is 587 g/mol. The number of hydrogen-bond acceptors (Lipinski definition) is 4. The SMILES string of the molecule is CC(C)(NC(=O)c1ccccc1)C(=O)N[C@H](Cc1ccc2ccccc2c1)C(=O)NCCCNCc1ccccc1.Cl. The Labute approximate surface area is 253 Å². The normalized spacial score (nSPS) is 11.7. The Morgan fingerprint density at radius 2 is 1.38 bits per heavy atom. The van der Waals surface area contributed by atoms with Crippen LogP contribution in [0.3, 0.4) is 0 Å². The van der Waals surface area contributed by atoms with E-state index in [2.05, 4.69) is 33.4 Å². The summed E-state index contributed by atoms with van der Waals surface area (Å²) in [6.07, 6.45) is 1.06. The van der Waals surface area contributed by atoms with Crippen LogP contribution in [0.25, 0.3) is 10.8 Å². The van der Waals surface area contributed by atoms with Crippen LogP contribution in [0.15, 0.2) is 103 Å². The molecule has 0 heterocycles. The summed E-state index contributed by atoms with van der Waals surface area (Å²) in [7, 11) is 0. The first kappa shape index (κ1) is 32.3. The second kappa shape index (κ2) is 15.7. The highest BCUT2D eigenvalue weighted by molar-refractivity contribution is 6.00. The molecule has 0 aliphatic rings. The predicted octanol–water partition coefficient (Wildman–Crippen LogP) is 4.79. The minimum Gasteiger partial charge on any atom is -0.354 e. The molecule has 0 saturated heterocycles. The zero-order chi connectivity index (χ0) is 29.1. The van der Waals surface area contributed by atoms with E-state index in [0.717, 1.165) is 35.8 Å². The molecule has 0 aromatic heterocycles. The van der Waals surface area contributed by atoms with E-state index in [9.17, 15) is 14.4 Å². The monoisotopic (exact) mass is 586 g/mol. The fourth-order valence-electron chi connectivity index (χ4n) is 4.53. The third-order valence-electron chi connectivity index (χ3n) is 6.91. The van der Waals surface area contributed by atoms with E-state index in [1.165, 1.54) is 5.56 Å². The van der Waals surface area contributed by atoms with Gasteiger partial charge in [0, 0.05) is 25.1 Å². The van der Waals surface area contributed by atoms with Crippen molar-refractivity contribution in [3.63, 3.8) is 0 Å². The van der Waals surface area contributed by atoms with E-state index >= 15 is 0 Å². The smallest absolute Gasteiger partial charge is 0.252 e. The molecule has 1 atom stereocenters. The van der Waals surface area contributed by atoms with Crippen molar-refractivity contribution in [1.82, 2.24) is 21.3 Å². The molecule has 4 aromatic carbocycles. The van der Waals surface area contributed by atoms with Gasteiger partial charge in [0.25, 0.3) is 5.91 Å². The van der Waals surface area contributed by atoms with Gasteiger partial charge in [-0.1, -0.05) is 91.0 Å². The van der Waals surface area contributed by atoms with Gasteiger partial charge in [-0.3, -0.25) is 14.4 Å². The van der Waals surface area contributed by atoms with E-state index in [1.54, 1.807) is 38.1 Å². The lowest BCUT2D eigenvalue weighted by molar-refractivity contribution is -0.131. The lowest BCUT2D eigenvalue weighted by Gasteiger charge is -2.28. The van der Waals surface area contributed by atoms with Crippen molar-refractivity contribution in [1.29, 1.82) is 0 Å². The van der Waals surface area contributed by atoms with E-state index in [4.69, 9.17) is 0 Å². The molecular weight excluding hydrogens is 548 g/mol. The molecule has 0 spiro atoms. The molecule has 42 heavy (non-hydrogen) atoms. The Kier molecular flexibility index (Phi) is 12.1. The summed E-state index contributed by atoms with van der Waals surface area (Å²) >= 11 is 0. The van der Waals surface area contributed by atoms with E-state index < -0.39 is 17.5 Å². The highest BCUT2D eigenvalue weighted by atomic mass is 35.5. The van der Waals surface area contributed by atoms with Crippen LogP contribution in [0.1, 0.15) is 41.8 Å². The van der Waals surface area contributed by atoms with E-state index in [1.807, 2.05) is 66.7 Å². The Balaban J connectivity index is 0.00000484. The second-order valence-corrected chi connectivity index (χ2v) is 10.7. The van der Waals surface area contributed by atoms with Gasteiger partial charge < -0.3 is 21.3 Å². The number of carbonyl (C=O) groups excluding carboxylic acids is 3. The molecule has 0 radical (unpaired) electrons. The van der Waals surface area contributed by atoms with Gasteiger partial charge in [0.15, 0.2) is 0 Å². The van der Waals surface area contributed by atoms with Crippen molar-refractivity contribution in [3.8, 4) is 0 Å². The Morgan fingerprint density at radius 1 is 0.738 bits per heavy atom. The number of halogens is 1. The minimum atomic E-state index is -1.24. The van der Waals surface area contributed by atoms with Gasteiger partial charge in [0.2, 0.25) is 11.8 Å². The standard InChI is InChI=1S/C34H38N4O3.ClH/c1-34(2,38-31(39)28-15-7-4-8-16-28)33(41)37-30(23-26-18-19-27-14-9-10-17-29(27)22-26)32(40)36-21-11-20-35-24-25-12-5-3-6-13-25;/h3-10,12-19,22,30,35H,11,20-21,23-24H2,1-2H3,(H,36,40)(H,37,41)(H,38,39);1H/t30-;/m1./s1. The molecule has 4 N–H and O–H groups in total. The maximum Gasteiger partial charge on any atom is 0.252 e. The summed E-state index contributed by atoms with van der Waals surface area (Å²) in [6.45, 7) is 5.24. The van der Waals surface area contributed by atoms with Crippen LogP contribution in [0.2, 0.25) is 0 Å². The summed E-state index contributed by atoms with van der Waals surface area (Å²) in [4.78, 5) is 39.5. The third kappa shape index (κ3) is 9.43. The zero-order valence-electron chi connectivity index (χ0n) is 24.1.